The number of carbonyl (C=O) groups excluding carboxylic acids is 1. The van der Waals surface area contributed by atoms with Crippen molar-refractivity contribution in [3.05, 3.63) is 101 Å². The van der Waals surface area contributed by atoms with E-state index >= 15 is 4.39 Å². The Hall–Kier alpha value is -5.87. The van der Waals surface area contributed by atoms with Gasteiger partial charge in [-0.25, -0.2) is 27.5 Å². The first-order valence-electron chi connectivity index (χ1n) is 23.7. The van der Waals surface area contributed by atoms with Crippen LogP contribution in [0.2, 0.25) is 0 Å². The van der Waals surface area contributed by atoms with E-state index in [0.29, 0.717) is 42.6 Å². The molecule has 4 fully saturated rings. The first-order chi connectivity index (χ1) is 33.6. The number of sulfonamides is 1. The largest absolute Gasteiger partial charge is 0.455 e. The number of benzene rings is 2. The van der Waals surface area contributed by atoms with Gasteiger partial charge in [-0.3, -0.25) is 14.6 Å². The summed E-state index contributed by atoms with van der Waals surface area (Å²) < 4.78 is 131. The number of piperidine rings is 2. The summed E-state index contributed by atoms with van der Waals surface area (Å²) in [7, 11) is -4.73. The van der Waals surface area contributed by atoms with Crippen molar-refractivity contribution in [2.24, 2.45) is 10.6 Å². The van der Waals surface area contributed by atoms with Gasteiger partial charge in [0, 0.05) is 68.7 Å². The van der Waals surface area contributed by atoms with E-state index in [2.05, 4.69) is 73.4 Å². The van der Waals surface area contributed by atoms with Crippen LogP contribution in [-0.4, -0.2) is 108 Å². The minimum Gasteiger partial charge on any atom is -0.455 e. The van der Waals surface area contributed by atoms with Crippen molar-refractivity contribution >= 4 is 44.2 Å². The van der Waals surface area contributed by atoms with E-state index in [4.69, 9.17) is 4.74 Å². The Balaban J connectivity index is 0.867. The summed E-state index contributed by atoms with van der Waals surface area (Å²) in [6.07, 6.45) is -1.74. The quantitative estimate of drug-likeness (QED) is 0.0716. The summed E-state index contributed by atoms with van der Waals surface area (Å²) in [5, 5.41) is 6.14. The number of pyridine rings is 2. The third-order valence-electron chi connectivity index (χ3n) is 14.8. The molecule has 1 atom stereocenters. The molecule has 1 spiro atoms. The maximum absolute atomic E-state index is 15.7. The van der Waals surface area contributed by atoms with Gasteiger partial charge in [-0.05, 0) is 116 Å². The lowest BCUT2D eigenvalue weighted by molar-refractivity contribution is -0.290. The number of rotatable bonds is 14. The van der Waals surface area contributed by atoms with Crippen molar-refractivity contribution in [3.63, 3.8) is 0 Å². The van der Waals surface area contributed by atoms with E-state index in [0.717, 1.165) is 62.2 Å². The number of likely N-dealkylation sites (tertiary alicyclic amines) is 2. The summed E-state index contributed by atoms with van der Waals surface area (Å²) in [6.45, 7) is 4.68. The molecular weight excluding hydrogens is 960 g/mol. The highest BCUT2D eigenvalue weighted by Crippen LogP contribution is 2.54. The molecular formula is C49H54F7N9O5S. The summed E-state index contributed by atoms with van der Waals surface area (Å²) in [6, 6.07) is 14.0. The number of hydrogen-bond donors (Lipinski definition) is 3. The summed E-state index contributed by atoms with van der Waals surface area (Å²) >= 11 is 0. The lowest BCUT2D eigenvalue weighted by Gasteiger charge is -2.56. The predicted octanol–water partition coefficient (Wildman–Crippen LogP) is 10.7. The fourth-order valence-corrected chi connectivity index (χ4v) is 12.0. The maximum Gasteiger partial charge on any atom is 0.412 e. The highest BCUT2D eigenvalue weighted by atomic mass is 32.2. The Bertz CT molecular complexity index is 2860. The first-order valence-corrected chi connectivity index (χ1v) is 25.2. The fraction of sp³-hybridized carbons (Fsp3) is 0.490. The van der Waals surface area contributed by atoms with Crippen LogP contribution in [0.5, 0.6) is 11.5 Å². The van der Waals surface area contributed by atoms with Gasteiger partial charge in [0.15, 0.2) is 0 Å². The molecule has 1 amide bonds. The number of nitrogens with one attached hydrogen (secondary N) is 3. The zero-order valence-corrected chi connectivity index (χ0v) is 39.8. The minimum absolute atomic E-state index is 0.00162. The normalized spacial score (nSPS) is 20.2. The predicted molar refractivity (Wildman–Crippen MR) is 252 cm³/mol. The number of halogens is 7. The number of aromatic amines is 1. The van der Waals surface area contributed by atoms with Crippen LogP contribution in [0.1, 0.15) is 98.7 Å². The number of amides is 1. The summed E-state index contributed by atoms with van der Waals surface area (Å²) in [4.78, 5) is 42.3. The Morgan fingerprint density at radius 3 is 2.32 bits per heavy atom. The van der Waals surface area contributed by atoms with Crippen molar-refractivity contribution < 1.29 is 48.7 Å². The number of ether oxygens (including phenoxy) is 1. The molecule has 3 aliphatic heterocycles. The molecule has 3 N–H and O–H groups in total. The molecule has 22 heteroatoms. The second kappa shape index (κ2) is 19.3. The fourth-order valence-electron chi connectivity index (χ4n) is 11.0. The number of fused-ring (bicyclic) bond motifs is 1. The third-order valence-corrected chi connectivity index (χ3v) is 16.1. The molecule has 1 saturated carbocycles. The number of hydrogen-bond acceptors (Lipinski definition) is 12. The van der Waals surface area contributed by atoms with Gasteiger partial charge in [-0.1, -0.05) is 38.1 Å². The Kier molecular flexibility index (Phi) is 13.6. The number of H-pyrrole nitrogens is 1. The van der Waals surface area contributed by atoms with Crippen molar-refractivity contribution in [1.82, 2.24) is 29.5 Å². The second-order valence-corrected chi connectivity index (χ2v) is 21.4. The van der Waals surface area contributed by atoms with Gasteiger partial charge < -0.3 is 19.9 Å². The molecule has 6 heterocycles. The number of alkyl halides is 7. The van der Waals surface area contributed by atoms with Crippen LogP contribution in [0.25, 0.3) is 11.0 Å². The number of nitrogens with zero attached hydrogens (tertiary/aromatic N) is 6. The van der Waals surface area contributed by atoms with Crippen molar-refractivity contribution in [2.45, 2.75) is 112 Å². The van der Waals surface area contributed by atoms with E-state index in [1.54, 1.807) is 24.4 Å². The Morgan fingerprint density at radius 1 is 0.915 bits per heavy atom. The average molecular weight is 1010 g/mol. The number of nitroso groups, excluding NO2 is 1. The molecule has 380 valence electrons. The Labute approximate surface area is 405 Å². The minimum atomic E-state index is -5.62. The van der Waals surface area contributed by atoms with Gasteiger partial charge in [-0.2, -0.15) is 26.3 Å². The molecule has 3 saturated heterocycles. The molecule has 5 aromatic rings. The molecule has 71 heavy (non-hydrogen) atoms. The van der Waals surface area contributed by atoms with E-state index < -0.39 is 83.1 Å². The van der Waals surface area contributed by atoms with E-state index in [1.807, 2.05) is 4.72 Å². The van der Waals surface area contributed by atoms with Crippen LogP contribution in [0, 0.1) is 10.3 Å². The molecule has 2 aromatic carbocycles. The molecule has 3 aromatic heterocycles. The average Bonchev–Trinajstić information content (AvgIpc) is 4.00. The van der Waals surface area contributed by atoms with Crippen LogP contribution in [0.3, 0.4) is 0 Å². The standard InChI is InChI=1S/C49H54F7N9O5S/c1-30(2)35-6-3-4-7-36(35)40-8-5-17-65(40)32-25-46(26-32)12-18-63(19-13-46)42-24-41(70-33-22-31-11-16-57-43(31)59-27-33)37(28-58-42)44(66)62-71(68,69)34-9-10-38(39(23-34)61-67)60-29-47(50)14-20-64(21-15-47)45(48(51,52)53)49(54,55)56/h3-4,6-7,9-11,16,22-24,27-28,30,32,40,45,60H,5,8,12-15,17-21,25-26,29H2,1-2H3,(H,57,59)(H,62,66)/t40-/m0/s1. The van der Waals surface area contributed by atoms with Crippen LogP contribution in [0.15, 0.2) is 89.3 Å². The molecule has 4 aliphatic rings. The summed E-state index contributed by atoms with van der Waals surface area (Å²) in [5.74, 6) is 0.127. The molecule has 9 rings (SSSR count). The van der Waals surface area contributed by atoms with Crippen molar-refractivity contribution in [2.75, 3.05) is 49.5 Å². The van der Waals surface area contributed by atoms with Crippen LogP contribution in [-0.2, 0) is 10.0 Å². The number of carbonyl (C=O) groups is 1. The molecule has 0 bridgehead atoms. The monoisotopic (exact) mass is 1010 g/mol. The molecule has 1 aliphatic carbocycles. The van der Waals surface area contributed by atoms with Crippen molar-refractivity contribution in [3.8, 4) is 11.5 Å². The number of anilines is 2. The zero-order valence-electron chi connectivity index (χ0n) is 39.0. The lowest BCUT2D eigenvalue weighted by atomic mass is 9.60. The third kappa shape index (κ3) is 10.6. The maximum atomic E-state index is 15.7. The highest BCUT2D eigenvalue weighted by molar-refractivity contribution is 7.90. The van der Waals surface area contributed by atoms with E-state index in [1.165, 1.54) is 29.9 Å². The SMILES string of the molecule is CC(C)c1ccccc1[C@@H]1CCCN1C1CC2(CCN(c3cc(Oc4cnc5[nH]ccc5c4)c(C(=O)NS(=O)(=O)c4ccc(NCC5(F)CCN(C(C(F)(F)F)C(F)(F)F)CC5)c(N=O)c4)cn3)CC2)C1. The van der Waals surface area contributed by atoms with Gasteiger partial charge in [0.05, 0.1) is 16.8 Å². The smallest absolute Gasteiger partial charge is 0.412 e. The zero-order chi connectivity index (χ0) is 50.5. The number of aromatic nitrogens is 3. The van der Waals surface area contributed by atoms with Gasteiger partial charge in [0.1, 0.15) is 39.9 Å². The summed E-state index contributed by atoms with van der Waals surface area (Å²) in [5.41, 5.74) is 0.481. The van der Waals surface area contributed by atoms with E-state index in [-0.39, 0.29) is 33.1 Å². The van der Waals surface area contributed by atoms with Gasteiger partial charge in [0.2, 0.25) is 6.04 Å². The highest BCUT2D eigenvalue weighted by Gasteiger charge is 2.60. The Morgan fingerprint density at radius 2 is 1.63 bits per heavy atom. The second-order valence-electron chi connectivity index (χ2n) is 19.7. The lowest BCUT2D eigenvalue weighted by Crippen LogP contribution is -2.59. The van der Waals surface area contributed by atoms with Gasteiger partial charge >= 0.3 is 12.4 Å². The van der Waals surface area contributed by atoms with Crippen LogP contribution < -0.4 is 19.7 Å². The van der Waals surface area contributed by atoms with Crippen LogP contribution >= 0.6 is 0 Å². The topological polar surface area (TPSA) is 165 Å². The van der Waals surface area contributed by atoms with Crippen molar-refractivity contribution in [1.29, 1.82) is 0 Å². The van der Waals surface area contributed by atoms with E-state index in [9.17, 15) is 44.5 Å². The first kappa shape index (κ1) is 50.1. The molecule has 0 radical (unpaired) electrons. The molecule has 0 unspecified atom stereocenters. The van der Waals surface area contributed by atoms with Gasteiger partial charge in [-0.15, -0.1) is 4.91 Å². The van der Waals surface area contributed by atoms with Gasteiger partial charge in [0.25, 0.3) is 15.9 Å². The molecule has 14 nitrogen and oxygen atoms in total. The van der Waals surface area contributed by atoms with Crippen LogP contribution in [0.4, 0.5) is 47.9 Å².